The van der Waals surface area contributed by atoms with Crippen LogP contribution in [0.15, 0.2) is 0 Å². The molecule has 3 fully saturated rings. The van der Waals surface area contributed by atoms with E-state index in [0.29, 0.717) is 10.8 Å². The van der Waals surface area contributed by atoms with Crippen molar-refractivity contribution < 1.29 is 0 Å². The van der Waals surface area contributed by atoms with Crippen LogP contribution in [0.1, 0.15) is 84.5 Å². The predicted octanol–water partition coefficient (Wildman–Crippen LogP) is 6.21. The van der Waals surface area contributed by atoms with Crippen LogP contribution >= 0.6 is 23.2 Å². The van der Waals surface area contributed by atoms with Gasteiger partial charge in [-0.2, -0.15) is 0 Å². The molecule has 0 aromatic rings. The smallest absolute Gasteiger partial charge is 0.0337 e. The van der Waals surface area contributed by atoms with Gasteiger partial charge in [0.1, 0.15) is 0 Å². The molecule has 0 spiro atoms. The first kappa shape index (κ1) is 18.3. The lowest BCUT2D eigenvalue weighted by molar-refractivity contribution is 0.00585. The predicted molar refractivity (Wildman–Crippen MR) is 102 cm³/mol. The van der Waals surface area contributed by atoms with Crippen molar-refractivity contribution in [1.29, 1.82) is 0 Å². The van der Waals surface area contributed by atoms with Crippen LogP contribution in [0.25, 0.3) is 0 Å². The van der Waals surface area contributed by atoms with Crippen LogP contribution in [-0.4, -0.2) is 33.8 Å². The fourth-order valence-electron chi connectivity index (χ4n) is 5.35. The maximum absolute atomic E-state index is 6.38. The summed E-state index contributed by atoms with van der Waals surface area (Å²) in [4.78, 5) is 2.99. The number of halogens is 2. The van der Waals surface area contributed by atoms with Gasteiger partial charge in [-0.15, -0.1) is 23.2 Å². The quantitative estimate of drug-likeness (QED) is 0.541. The molecule has 3 aliphatic carbocycles. The molecule has 0 heterocycles. The summed E-state index contributed by atoms with van der Waals surface area (Å²) < 4.78 is 0. The molecular weight excluding hydrogens is 325 g/mol. The summed E-state index contributed by atoms with van der Waals surface area (Å²) in [6.07, 6.45) is 14.3. The maximum Gasteiger partial charge on any atom is 0.0337 e. The molecule has 3 atom stereocenters. The molecule has 1 nitrogen and oxygen atoms in total. The van der Waals surface area contributed by atoms with E-state index in [-0.39, 0.29) is 0 Å². The third-order valence-electron chi connectivity index (χ3n) is 7.09. The molecule has 134 valence electrons. The first-order valence-electron chi connectivity index (χ1n) is 10.1. The molecule has 0 N–H and O–H groups in total. The van der Waals surface area contributed by atoms with Crippen molar-refractivity contribution >= 4 is 23.2 Å². The van der Waals surface area contributed by atoms with Crippen LogP contribution in [0, 0.1) is 11.8 Å². The van der Waals surface area contributed by atoms with Crippen molar-refractivity contribution in [1.82, 2.24) is 4.90 Å². The van der Waals surface area contributed by atoms with Gasteiger partial charge in [0.2, 0.25) is 0 Å². The van der Waals surface area contributed by atoms with Crippen molar-refractivity contribution in [2.24, 2.45) is 11.8 Å². The highest BCUT2D eigenvalue weighted by Crippen LogP contribution is 2.40. The van der Waals surface area contributed by atoms with E-state index in [4.69, 9.17) is 23.2 Å². The average Bonchev–Trinajstić information content (AvgIpc) is 2.55. The minimum absolute atomic E-state index is 0.428. The molecule has 0 saturated heterocycles. The zero-order valence-electron chi connectivity index (χ0n) is 15.0. The van der Waals surface area contributed by atoms with E-state index in [1.807, 2.05) is 0 Å². The van der Waals surface area contributed by atoms with E-state index in [9.17, 15) is 0 Å². The molecular formula is C20H35Cl2N. The number of alkyl halides is 2. The molecule has 0 aromatic carbocycles. The maximum atomic E-state index is 6.38. The Morgan fingerprint density at radius 1 is 0.565 bits per heavy atom. The summed E-state index contributed by atoms with van der Waals surface area (Å²) in [6.45, 7) is 4.92. The van der Waals surface area contributed by atoms with E-state index in [1.165, 1.54) is 70.6 Å². The Morgan fingerprint density at radius 3 is 1.43 bits per heavy atom. The van der Waals surface area contributed by atoms with Gasteiger partial charge in [0.15, 0.2) is 0 Å². The molecule has 23 heavy (non-hydrogen) atoms. The summed E-state index contributed by atoms with van der Waals surface area (Å²) in [5.74, 6) is 1.79. The standard InChI is InChI=1S/C20H35Cl2N/c1-14-3-8-20(13-15(14)2)23(18-9-4-16(21)5-10-18)19-11-6-17(22)7-12-19/h14-20H,3-13H2,1-2H3. The summed E-state index contributed by atoms with van der Waals surface area (Å²) >= 11 is 12.8. The first-order chi connectivity index (χ1) is 11.0. The molecule has 0 bridgehead atoms. The van der Waals surface area contributed by atoms with Gasteiger partial charge < -0.3 is 0 Å². The lowest BCUT2D eigenvalue weighted by Gasteiger charge is -2.50. The number of nitrogens with zero attached hydrogens (tertiary/aromatic N) is 1. The van der Waals surface area contributed by atoms with Crippen molar-refractivity contribution in [2.75, 3.05) is 0 Å². The Kier molecular flexibility index (Phi) is 6.60. The van der Waals surface area contributed by atoms with Crippen LogP contribution < -0.4 is 0 Å². The third kappa shape index (κ3) is 4.59. The van der Waals surface area contributed by atoms with Crippen LogP contribution in [0.2, 0.25) is 0 Å². The zero-order valence-corrected chi connectivity index (χ0v) is 16.5. The van der Waals surface area contributed by atoms with Gasteiger partial charge in [-0.05, 0) is 82.5 Å². The number of rotatable bonds is 3. The minimum Gasteiger partial charge on any atom is -0.294 e. The van der Waals surface area contributed by atoms with E-state index >= 15 is 0 Å². The molecule has 3 saturated carbocycles. The highest BCUT2D eigenvalue weighted by molar-refractivity contribution is 6.20. The highest BCUT2D eigenvalue weighted by atomic mass is 35.5. The molecule has 0 aromatic heterocycles. The number of hydrogen-bond donors (Lipinski definition) is 0. The first-order valence-corrected chi connectivity index (χ1v) is 11.0. The second-order valence-electron chi connectivity index (χ2n) is 8.68. The van der Waals surface area contributed by atoms with Crippen LogP contribution in [-0.2, 0) is 0 Å². The fraction of sp³-hybridized carbons (Fsp3) is 1.00. The van der Waals surface area contributed by atoms with Crippen LogP contribution in [0.5, 0.6) is 0 Å². The monoisotopic (exact) mass is 359 g/mol. The van der Waals surface area contributed by atoms with E-state index in [2.05, 4.69) is 18.7 Å². The molecule has 3 aliphatic rings. The lowest BCUT2D eigenvalue weighted by Crippen LogP contribution is -2.53. The van der Waals surface area contributed by atoms with Gasteiger partial charge in [-0.25, -0.2) is 0 Å². The van der Waals surface area contributed by atoms with Crippen molar-refractivity contribution in [3.8, 4) is 0 Å². The minimum atomic E-state index is 0.428. The molecule has 0 amide bonds. The largest absolute Gasteiger partial charge is 0.294 e. The second kappa shape index (κ2) is 8.28. The van der Waals surface area contributed by atoms with Gasteiger partial charge in [0, 0.05) is 28.9 Å². The van der Waals surface area contributed by atoms with Gasteiger partial charge in [0.05, 0.1) is 0 Å². The number of hydrogen-bond acceptors (Lipinski definition) is 1. The topological polar surface area (TPSA) is 3.24 Å². The SMILES string of the molecule is CC1CCC(N(C2CCC(Cl)CC2)C2CCC(Cl)CC2)CC1C. The third-order valence-corrected chi connectivity index (χ3v) is 7.96. The Bertz CT molecular complexity index is 337. The Morgan fingerprint density at radius 2 is 1.00 bits per heavy atom. The summed E-state index contributed by atoms with van der Waals surface area (Å²) in [6, 6.07) is 2.38. The van der Waals surface area contributed by atoms with Crippen molar-refractivity contribution in [3.63, 3.8) is 0 Å². The average molecular weight is 360 g/mol. The van der Waals surface area contributed by atoms with Crippen LogP contribution in [0.4, 0.5) is 0 Å². The van der Waals surface area contributed by atoms with Gasteiger partial charge in [-0.3, -0.25) is 4.90 Å². The second-order valence-corrected chi connectivity index (χ2v) is 9.91. The molecule has 3 heteroatoms. The molecule has 0 radical (unpaired) electrons. The fourth-order valence-corrected chi connectivity index (χ4v) is 5.85. The Balaban J connectivity index is 1.70. The Labute approximate surface area is 153 Å². The molecule has 0 aliphatic heterocycles. The van der Waals surface area contributed by atoms with E-state index in [1.54, 1.807) is 0 Å². The van der Waals surface area contributed by atoms with Crippen molar-refractivity contribution in [2.45, 2.75) is 113 Å². The van der Waals surface area contributed by atoms with Gasteiger partial charge in [0.25, 0.3) is 0 Å². The van der Waals surface area contributed by atoms with E-state index < -0.39 is 0 Å². The highest BCUT2D eigenvalue weighted by Gasteiger charge is 2.38. The zero-order chi connectivity index (χ0) is 16.4. The molecule has 3 rings (SSSR count). The normalized spacial score (nSPS) is 46.0. The van der Waals surface area contributed by atoms with Crippen molar-refractivity contribution in [3.05, 3.63) is 0 Å². The summed E-state index contributed by atoms with van der Waals surface area (Å²) in [5, 5.41) is 0.856. The molecule has 3 unspecified atom stereocenters. The van der Waals surface area contributed by atoms with Gasteiger partial charge in [-0.1, -0.05) is 13.8 Å². The van der Waals surface area contributed by atoms with E-state index in [0.717, 1.165) is 30.0 Å². The Hall–Kier alpha value is 0.540. The lowest BCUT2D eigenvalue weighted by atomic mass is 9.76. The van der Waals surface area contributed by atoms with Gasteiger partial charge >= 0.3 is 0 Å². The summed E-state index contributed by atoms with van der Waals surface area (Å²) in [5.41, 5.74) is 0. The summed E-state index contributed by atoms with van der Waals surface area (Å²) in [7, 11) is 0. The van der Waals surface area contributed by atoms with Crippen LogP contribution in [0.3, 0.4) is 0 Å².